The molecule has 2 atom stereocenters. The van der Waals surface area contributed by atoms with Gasteiger partial charge < -0.3 is 15.1 Å². The molecule has 1 fully saturated rings. The summed E-state index contributed by atoms with van der Waals surface area (Å²) in [5.74, 6) is -0.732. The summed E-state index contributed by atoms with van der Waals surface area (Å²) < 4.78 is 0. The first kappa shape index (κ1) is 11.9. The van der Waals surface area contributed by atoms with Crippen molar-refractivity contribution in [2.75, 3.05) is 18.0 Å². The Kier molecular flexibility index (Phi) is 3.33. The number of aliphatic hydroxyl groups is 1. The van der Waals surface area contributed by atoms with E-state index in [4.69, 9.17) is 5.11 Å². The highest BCUT2D eigenvalue weighted by Crippen LogP contribution is 2.26. The summed E-state index contributed by atoms with van der Waals surface area (Å²) in [7, 11) is 0. The highest BCUT2D eigenvalue weighted by molar-refractivity contribution is 5.94. The van der Waals surface area contributed by atoms with Gasteiger partial charge in [-0.3, -0.25) is 0 Å². The normalized spacial score (nSPS) is 24.7. The third kappa shape index (κ3) is 2.42. The Hall–Kier alpha value is -1.55. The monoisotopic (exact) mass is 235 g/mol. The van der Waals surface area contributed by atoms with E-state index in [0.717, 1.165) is 5.69 Å². The van der Waals surface area contributed by atoms with Crippen LogP contribution in [-0.4, -0.2) is 35.4 Å². The Balaban J connectivity index is 2.25. The first-order valence-electron chi connectivity index (χ1n) is 5.85. The lowest BCUT2D eigenvalue weighted by Crippen LogP contribution is -2.42. The molecular weight excluding hydrogens is 218 g/mol. The number of nitrogens with zero attached hydrogens (tertiary/aromatic N) is 1. The van der Waals surface area contributed by atoms with Crippen LogP contribution in [0.15, 0.2) is 24.3 Å². The van der Waals surface area contributed by atoms with Crippen molar-refractivity contribution >= 4 is 11.7 Å². The van der Waals surface area contributed by atoms with Crippen LogP contribution in [0.4, 0.5) is 5.69 Å². The summed E-state index contributed by atoms with van der Waals surface area (Å²) in [6.45, 7) is 3.39. The van der Waals surface area contributed by atoms with Crippen molar-refractivity contribution in [3.8, 4) is 0 Å². The lowest BCUT2D eigenvalue weighted by atomic mass is 9.95. The van der Waals surface area contributed by atoms with Gasteiger partial charge >= 0.3 is 5.97 Å². The zero-order chi connectivity index (χ0) is 12.4. The first-order chi connectivity index (χ1) is 8.09. The van der Waals surface area contributed by atoms with Gasteiger partial charge in [0.25, 0.3) is 0 Å². The van der Waals surface area contributed by atoms with E-state index in [1.165, 1.54) is 0 Å². The van der Waals surface area contributed by atoms with E-state index in [1.807, 2.05) is 24.0 Å². The number of hydrogen-bond acceptors (Lipinski definition) is 3. The molecule has 1 heterocycles. The molecule has 0 saturated carbocycles. The topological polar surface area (TPSA) is 60.8 Å². The average Bonchev–Trinajstić information content (AvgIpc) is 2.32. The zero-order valence-corrected chi connectivity index (χ0v) is 9.84. The maximum absolute atomic E-state index is 11.1. The van der Waals surface area contributed by atoms with Crippen molar-refractivity contribution in [2.24, 2.45) is 5.92 Å². The van der Waals surface area contributed by atoms with Crippen LogP contribution in [0.3, 0.4) is 0 Å². The molecule has 4 nitrogen and oxygen atoms in total. The molecule has 1 aromatic rings. The van der Waals surface area contributed by atoms with E-state index in [2.05, 4.69) is 0 Å². The molecule has 0 bridgehead atoms. The van der Waals surface area contributed by atoms with Crippen LogP contribution in [0.2, 0.25) is 0 Å². The quantitative estimate of drug-likeness (QED) is 0.817. The number of anilines is 1. The number of aromatic carboxylic acids is 1. The Morgan fingerprint density at radius 2 is 2.12 bits per heavy atom. The van der Waals surface area contributed by atoms with Crippen LogP contribution in [-0.2, 0) is 0 Å². The second kappa shape index (κ2) is 4.75. The molecule has 1 aliphatic rings. The highest BCUT2D eigenvalue weighted by atomic mass is 16.4. The third-order valence-electron chi connectivity index (χ3n) is 3.34. The lowest BCUT2D eigenvalue weighted by molar-refractivity contribution is 0.0696. The molecule has 1 aromatic carbocycles. The SMILES string of the molecule is C[C@H]1CN(c2ccccc2C(=O)O)CC[C@H]1O. The van der Waals surface area contributed by atoms with Gasteiger partial charge in [-0.05, 0) is 24.5 Å². The second-order valence-corrected chi connectivity index (χ2v) is 4.60. The van der Waals surface area contributed by atoms with E-state index in [-0.39, 0.29) is 12.0 Å². The van der Waals surface area contributed by atoms with Crippen molar-refractivity contribution in [3.05, 3.63) is 29.8 Å². The van der Waals surface area contributed by atoms with Gasteiger partial charge in [0, 0.05) is 13.1 Å². The minimum Gasteiger partial charge on any atom is -0.478 e. The molecule has 1 aliphatic heterocycles. The predicted molar refractivity (Wildman–Crippen MR) is 65.4 cm³/mol. The summed E-state index contributed by atoms with van der Waals surface area (Å²) in [4.78, 5) is 13.2. The summed E-state index contributed by atoms with van der Waals surface area (Å²) in [5.41, 5.74) is 1.08. The van der Waals surface area contributed by atoms with E-state index >= 15 is 0 Å². The standard InChI is InChI=1S/C13H17NO3/c1-9-8-14(7-6-12(9)15)11-5-3-2-4-10(11)13(16)17/h2-5,9,12,15H,6-8H2,1H3,(H,16,17)/t9-,12+/m0/s1. The van der Waals surface area contributed by atoms with Crippen molar-refractivity contribution < 1.29 is 15.0 Å². The summed E-state index contributed by atoms with van der Waals surface area (Å²) in [5, 5.41) is 18.8. The van der Waals surface area contributed by atoms with Gasteiger partial charge in [-0.15, -0.1) is 0 Å². The molecule has 0 spiro atoms. The van der Waals surface area contributed by atoms with Crippen molar-refractivity contribution in [1.29, 1.82) is 0 Å². The van der Waals surface area contributed by atoms with Crippen molar-refractivity contribution in [1.82, 2.24) is 0 Å². The van der Waals surface area contributed by atoms with Gasteiger partial charge in [0.15, 0.2) is 0 Å². The van der Waals surface area contributed by atoms with E-state index in [0.29, 0.717) is 25.1 Å². The molecule has 1 saturated heterocycles. The Morgan fingerprint density at radius 1 is 1.41 bits per heavy atom. The molecule has 2 N–H and O–H groups in total. The maximum atomic E-state index is 11.1. The van der Waals surface area contributed by atoms with Crippen LogP contribution in [0.5, 0.6) is 0 Å². The number of para-hydroxylation sites is 1. The number of rotatable bonds is 2. The van der Waals surface area contributed by atoms with E-state index in [9.17, 15) is 9.90 Å². The lowest BCUT2D eigenvalue weighted by Gasteiger charge is -2.36. The molecule has 0 amide bonds. The first-order valence-corrected chi connectivity index (χ1v) is 5.85. The van der Waals surface area contributed by atoms with Crippen LogP contribution < -0.4 is 4.90 Å². The van der Waals surface area contributed by atoms with Gasteiger partial charge in [0.05, 0.1) is 17.4 Å². The minimum absolute atomic E-state index is 0.172. The van der Waals surface area contributed by atoms with Gasteiger partial charge in [-0.25, -0.2) is 4.79 Å². The smallest absolute Gasteiger partial charge is 0.337 e. The molecule has 0 aliphatic carbocycles. The van der Waals surface area contributed by atoms with Crippen LogP contribution in [0.25, 0.3) is 0 Å². The largest absolute Gasteiger partial charge is 0.478 e. The maximum Gasteiger partial charge on any atom is 0.337 e. The van der Waals surface area contributed by atoms with E-state index < -0.39 is 5.97 Å². The molecule has 0 unspecified atom stereocenters. The predicted octanol–water partition coefficient (Wildman–Crippen LogP) is 1.59. The van der Waals surface area contributed by atoms with Gasteiger partial charge in [-0.2, -0.15) is 0 Å². The number of piperidine rings is 1. The number of carboxylic acids is 1. The highest BCUT2D eigenvalue weighted by Gasteiger charge is 2.26. The number of benzene rings is 1. The number of hydrogen-bond donors (Lipinski definition) is 2. The Labute approximate surface area is 100 Å². The second-order valence-electron chi connectivity index (χ2n) is 4.60. The number of aliphatic hydroxyl groups excluding tert-OH is 1. The van der Waals surface area contributed by atoms with Gasteiger partial charge in [0.1, 0.15) is 0 Å². The molecule has 4 heteroatoms. The van der Waals surface area contributed by atoms with E-state index in [1.54, 1.807) is 12.1 Å². The van der Waals surface area contributed by atoms with Crippen LogP contribution in [0.1, 0.15) is 23.7 Å². The summed E-state index contributed by atoms with van der Waals surface area (Å²) in [6.07, 6.45) is 0.415. The Morgan fingerprint density at radius 3 is 2.76 bits per heavy atom. The molecule has 92 valence electrons. The summed E-state index contributed by atoms with van der Waals surface area (Å²) in [6, 6.07) is 7.02. The van der Waals surface area contributed by atoms with Crippen molar-refractivity contribution in [3.63, 3.8) is 0 Å². The molecule has 2 rings (SSSR count). The van der Waals surface area contributed by atoms with Crippen LogP contribution in [0, 0.1) is 5.92 Å². The fourth-order valence-corrected chi connectivity index (χ4v) is 2.28. The fraction of sp³-hybridized carbons (Fsp3) is 0.462. The van der Waals surface area contributed by atoms with Crippen LogP contribution >= 0.6 is 0 Å². The fourth-order valence-electron chi connectivity index (χ4n) is 2.28. The van der Waals surface area contributed by atoms with Gasteiger partial charge in [0.2, 0.25) is 0 Å². The van der Waals surface area contributed by atoms with Crippen molar-refractivity contribution in [2.45, 2.75) is 19.4 Å². The molecule has 0 aromatic heterocycles. The molecule has 17 heavy (non-hydrogen) atoms. The zero-order valence-electron chi connectivity index (χ0n) is 9.84. The number of carbonyl (C=O) groups is 1. The molecular formula is C13H17NO3. The third-order valence-corrected chi connectivity index (χ3v) is 3.34. The minimum atomic E-state index is -0.903. The Bertz CT molecular complexity index is 419. The van der Waals surface area contributed by atoms with Gasteiger partial charge in [-0.1, -0.05) is 19.1 Å². The summed E-state index contributed by atoms with van der Waals surface area (Å²) >= 11 is 0. The number of carboxylic acid groups (broad SMARTS) is 1. The average molecular weight is 235 g/mol. The molecule has 0 radical (unpaired) electrons.